The van der Waals surface area contributed by atoms with Gasteiger partial charge < -0.3 is 10.3 Å². The van der Waals surface area contributed by atoms with Gasteiger partial charge in [0.25, 0.3) is 0 Å². The molecule has 0 radical (unpaired) electrons. The van der Waals surface area contributed by atoms with Crippen molar-refractivity contribution in [1.29, 1.82) is 0 Å². The standard InChI is InChI=1S/C11H11ClF3N3.C2H6/c1-5(16)10-17-8-3-6(11(13,14)15)7(12)4-9(8)18(10)2;1-2/h3-5H,16H2,1-2H3;1-2H3. The molecule has 0 saturated carbocycles. The van der Waals surface area contributed by atoms with Crippen LogP contribution in [0.1, 0.15) is 38.2 Å². The predicted octanol–water partition coefficient (Wildman–Crippen LogP) is 4.29. The number of rotatable bonds is 1. The summed E-state index contributed by atoms with van der Waals surface area (Å²) in [4.78, 5) is 4.11. The minimum Gasteiger partial charge on any atom is -0.330 e. The second-order valence-corrected chi connectivity index (χ2v) is 4.54. The second kappa shape index (κ2) is 6.01. The molecule has 20 heavy (non-hydrogen) atoms. The first-order valence-electron chi connectivity index (χ1n) is 6.20. The second-order valence-electron chi connectivity index (χ2n) is 4.14. The monoisotopic (exact) mass is 307 g/mol. The zero-order valence-corrected chi connectivity index (χ0v) is 12.5. The van der Waals surface area contributed by atoms with Crippen molar-refractivity contribution >= 4 is 22.6 Å². The Kier molecular flexibility index (Phi) is 5.05. The van der Waals surface area contributed by atoms with Crippen molar-refractivity contribution in [3.63, 3.8) is 0 Å². The average molecular weight is 308 g/mol. The Hall–Kier alpha value is -1.27. The molecule has 1 unspecified atom stereocenters. The molecular weight excluding hydrogens is 291 g/mol. The van der Waals surface area contributed by atoms with Crippen molar-refractivity contribution in [3.05, 3.63) is 28.5 Å². The molecule has 1 aromatic heterocycles. The summed E-state index contributed by atoms with van der Waals surface area (Å²) in [6, 6.07) is 1.85. The van der Waals surface area contributed by atoms with Crippen LogP contribution in [0.3, 0.4) is 0 Å². The zero-order valence-electron chi connectivity index (χ0n) is 11.7. The van der Waals surface area contributed by atoms with Gasteiger partial charge in [0, 0.05) is 7.05 Å². The lowest BCUT2D eigenvalue weighted by Gasteiger charge is -2.09. The Morgan fingerprint density at radius 1 is 1.30 bits per heavy atom. The van der Waals surface area contributed by atoms with Crippen LogP contribution in [0.2, 0.25) is 5.02 Å². The fourth-order valence-corrected chi connectivity index (χ4v) is 2.12. The molecule has 0 amide bonds. The predicted molar refractivity (Wildman–Crippen MR) is 74.7 cm³/mol. The van der Waals surface area contributed by atoms with Gasteiger partial charge in [0.1, 0.15) is 5.82 Å². The molecule has 0 saturated heterocycles. The van der Waals surface area contributed by atoms with Crippen molar-refractivity contribution < 1.29 is 13.2 Å². The number of hydrogen-bond donors (Lipinski definition) is 1. The summed E-state index contributed by atoms with van der Waals surface area (Å²) in [7, 11) is 1.69. The number of aromatic nitrogens is 2. The number of hydrogen-bond acceptors (Lipinski definition) is 2. The molecule has 2 rings (SSSR count). The number of aryl methyl sites for hydroxylation is 1. The van der Waals surface area contributed by atoms with E-state index in [1.165, 1.54) is 6.07 Å². The highest BCUT2D eigenvalue weighted by Gasteiger charge is 2.34. The van der Waals surface area contributed by atoms with Gasteiger partial charge >= 0.3 is 6.18 Å². The Balaban J connectivity index is 0.000000956. The van der Waals surface area contributed by atoms with E-state index in [-0.39, 0.29) is 16.6 Å². The van der Waals surface area contributed by atoms with Crippen molar-refractivity contribution in [2.45, 2.75) is 33.0 Å². The van der Waals surface area contributed by atoms with Crippen LogP contribution >= 0.6 is 11.6 Å². The fraction of sp³-hybridized carbons (Fsp3) is 0.462. The lowest BCUT2D eigenvalue weighted by molar-refractivity contribution is -0.137. The maximum absolute atomic E-state index is 12.7. The summed E-state index contributed by atoms with van der Waals surface area (Å²) in [6.45, 7) is 5.72. The molecule has 0 aliphatic heterocycles. The maximum atomic E-state index is 12.7. The fourth-order valence-electron chi connectivity index (χ4n) is 1.86. The topological polar surface area (TPSA) is 43.8 Å². The van der Waals surface area contributed by atoms with Gasteiger partial charge in [-0.2, -0.15) is 13.2 Å². The molecule has 7 heteroatoms. The van der Waals surface area contributed by atoms with Gasteiger partial charge in [-0.05, 0) is 19.1 Å². The number of nitrogens with two attached hydrogens (primary N) is 1. The highest BCUT2D eigenvalue weighted by molar-refractivity contribution is 6.32. The first kappa shape index (κ1) is 16.8. The lowest BCUT2D eigenvalue weighted by atomic mass is 10.2. The summed E-state index contributed by atoms with van der Waals surface area (Å²) >= 11 is 5.66. The van der Waals surface area contributed by atoms with Crippen LogP contribution in [0.5, 0.6) is 0 Å². The van der Waals surface area contributed by atoms with Crippen LogP contribution in [0.25, 0.3) is 11.0 Å². The number of halogens is 4. The van der Waals surface area contributed by atoms with Crippen molar-refractivity contribution in [2.24, 2.45) is 12.8 Å². The van der Waals surface area contributed by atoms with E-state index >= 15 is 0 Å². The van der Waals surface area contributed by atoms with Crippen LogP contribution in [-0.4, -0.2) is 9.55 Å². The molecule has 1 heterocycles. The Bertz CT molecular complexity index is 603. The third-order valence-corrected chi connectivity index (χ3v) is 3.03. The number of imidazole rings is 1. The summed E-state index contributed by atoms with van der Waals surface area (Å²) < 4.78 is 39.7. The maximum Gasteiger partial charge on any atom is 0.417 e. The van der Waals surface area contributed by atoms with Crippen LogP contribution in [0.15, 0.2) is 12.1 Å². The summed E-state index contributed by atoms with van der Waals surface area (Å²) in [6.07, 6.45) is -4.49. The number of alkyl halides is 3. The van der Waals surface area contributed by atoms with Gasteiger partial charge in [0.2, 0.25) is 0 Å². The van der Waals surface area contributed by atoms with Gasteiger partial charge in [-0.3, -0.25) is 0 Å². The van der Waals surface area contributed by atoms with Crippen LogP contribution in [0.4, 0.5) is 13.2 Å². The van der Waals surface area contributed by atoms with E-state index in [1.54, 1.807) is 18.5 Å². The minimum atomic E-state index is -4.49. The van der Waals surface area contributed by atoms with Crippen molar-refractivity contribution in [1.82, 2.24) is 9.55 Å². The van der Waals surface area contributed by atoms with Gasteiger partial charge in [0.15, 0.2) is 0 Å². The van der Waals surface area contributed by atoms with E-state index in [2.05, 4.69) is 4.98 Å². The first-order chi connectivity index (χ1) is 9.21. The Morgan fingerprint density at radius 2 is 1.85 bits per heavy atom. The number of fused-ring (bicyclic) bond motifs is 1. The highest BCUT2D eigenvalue weighted by Crippen LogP contribution is 2.37. The third kappa shape index (κ3) is 3.07. The number of benzene rings is 1. The van der Waals surface area contributed by atoms with Crippen molar-refractivity contribution in [3.8, 4) is 0 Å². The third-order valence-electron chi connectivity index (χ3n) is 2.72. The average Bonchev–Trinajstić information content (AvgIpc) is 2.67. The molecule has 0 bridgehead atoms. The molecule has 0 spiro atoms. The molecule has 3 nitrogen and oxygen atoms in total. The van der Waals surface area contributed by atoms with Crippen LogP contribution in [-0.2, 0) is 13.2 Å². The lowest BCUT2D eigenvalue weighted by Crippen LogP contribution is -2.11. The molecule has 112 valence electrons. The molecule has 2 N–H and O–H groups in total. The van der Waals surface area contributed by atoms with E-state index in [0.717, 1.165) is 6.07 Å². The zero-order chi connectivity index (χ0) is 15.7. The molecule has 0 aliphatic carbocycles. The molecule has 0 aliphatic rings. The smallest absolute Gasteiger partial charge is 0.330 e. The normalized spacial score (nSPS) is 13.1. The van der Waals surface area contributed by atoms with E-state index in [1.807, 2.05) is 13.8 Å². The van der Waals surface area contributed by atoms with E-state index in [0.29, 0.717) is 11.3 Å². The summed E-state index contributed by atoms with van der Waals surface area (Å²) in [5, 5.41) is -0.339. The van der Waals surface area contributed by atoms with Gasteiger partial charge in [-0.25, -0.2) is 4.98 Å². The van der Waals surface area contributed by atoms with Crippen LogP contribution in [0, 0.1) is 0 Å². The largest absolute Gasteiger partial charge is 0.417 e. The van der Waals surface area contributed by atoms with Gasteiger partial charge in [-0.1, -0.05) is 25.4 Å². The quantitative estimate of drug-likeness (QED) is 0.854. The Morgan fingerprint density at radius 3 is 2.30 bits per heavy atom. The highest BCUT2D eigenvalue weighted by atomic mass is 35.5. The SMILES string of the molecule is CC.CC(N)c1nc2cc(C(F)(F)F)c(Cl)cc2n1C. The molecule has 1 aromatic carbocycles. The summed E-state index contributed by atoms with van der Waals surface area (Å²) in [5.41, 5.74) is 5.58. The van der Waals surface area contributed by atoms with E-state index in [9.17, 15) is 13.2 Å². The molecular formula is C13H17ClF3N3. The molecule has 2 aromatic rings. The number of nitrogens with zero attached hydrogens (tertiary/aromatic N) is 2. The minimum absolute atomic E-state index is 0.238. The molecule has 1 atom stereocenters. The van der Waals surface area contributed by atoms with Crippen LogP contribution < -0.4 is 5.73 Å². The first-order valence-corrected chi connectivity index (χ1v) is 6.58. The summed E-state index contributed by atoms with van der Waals surface area (Å²) in [5.74, 6) is 0.514. The van der Waals surface area contributed by atoms with E-state index < -0.39 is 11.7 Å². The van der Waals surface area contributed by atoms with Crippen molar-refractivity contribution in [2.75, 3.05) is 0 Å². The van der Waals surface area contributed by atoms with Gasteiger partial charge in [-0.15, -0.1) is 0 Å². The van der Waals surface area contributed by atoms with E-state index in [4.69, 9.17) is 17.3 Å². The van der Waals surface area contributed by atoms with Gasteiger partial charge in [0.05, 0.1) is 27.7 Å². The molecule has 0 fully saturated rings. The Labute approximate surface area is 120 Å².